The average molecular weight is 402 g/mol. The molecule has 3 rings (SSSR count). The van der Waals surface area contributed by atoms with Crippen molar-refractivity contribution in [3.63, 3.8) is 0 Å². The highest BCUT2D eigenvalue weighted by Gasteiger charge is 2.19. The molecule has 0 aliphatic heterocycles. The van der Waals surface area contributed by atoms with E-state index in [1.807, 2.05) is 6.92 Å². The quantitative estimate of drug-likeness (QED) is 0.498. The first-order valence-corrected chi connectivity index (χ1v) is 9.87. The molecule has 0 fully saturated rings. The molecule has 7 heteroatoms. The molecule has 0 bridgehead atoms. The van der Waals surface area contributed by atoms with Crippen molar-refractivity contribution >= 4 is 33.3 Å². The van der Waals surface area contributed by atoms with Crippen LogP contribution in [0.1, 0.15) is 15.9 Å². The van der Waals surface area contributed by atoms with Crippen molar-refractivity contribution in [3.8, 4) is 5.75 Å². The summed E-state index contributed by atoms with van der Waals surface area (Å²) in [5.74, 6) is -0.375. The Hall–Kier alpha value is -2.83. The highest BCUT2D eigenvalue weighted by Crippen LogP contribution is 2.23. The lowest BCUT2D eigenvalue weighted by Gasteiger charge is -2.12. The number of benzene rings is 3. The highest BCUT2D eigenvalue weighted by atomic mass is 35.5. The summed E-state index contributed by atoms with van der Waals surface area (Å²) in [5.41, 5.74) is 1.18. The number of ether oxygens (including phenoxy) is 1. The Balaban J connectivity index is 1.86. The SMILES string of the molecule is Cc1ccc(S(=O)(=O)Nc2ccccc2C(=O)Oc2ccc(Cl)cc2)cc1. The van der Waals surface area contributed by atoms with Crippen LogP contribution in [0.15, 0.2) is 77.7 Å². The molecule has 1 N–H and O–H groups in total. The minimum Gasteiger partial charge on any atom is -0.423 e. The van der Waals surface area contributed by atoms with E-state index in [4.69, 9.17) is 16.3 Å². The number of esters is 1. The lowest BCUT2D eigenvalue weighted by Crippen LogP contribution is -2.17. The van der Waals surface area contributed by atoms with E-state index in [0.29, 0.717) is 10.8 Å². The number of rotatable bonds is 5. The van der Waals surface area contributed by atoms with Crippen molar-refractivity contribution < 1.29 is 17.9 Å². The maximum Gasteiger partial charge on any atom is 0.345 e. The van der Waals surface area contributed by atoms with E-state index in [1.165, 1.54) is 24.3 Å². The van der Waals surface area contributed by atoms with Crippen LogP contribution >= 0.6 is 11.6 Å². The molecule has 0 aromatic heterocycles. The van der Waals surface area contributed by atoms with Crippen molar-refractivity contribution in [3.05, 3.63) is 88.9 Å². The Kier molecular flexibility index (Phi) is 5.48. The van der Waals surface area contributed by atoms with Crippen LogP contribution in [0.25, 0.3) is 0 Å². The molecular formula is C20H16ClNO4S. The molecule has 0 unspecified atom stereocenters. The van der Waals surface area contributed by atoms with Crippen LogP contribution in [-0.4, -0.2) is 14.4 Å². The number of hydrogen-bond acceptors (Lipinski definition) is 4. The fourth-order valence-electron chi connectivity index (χ4n) is 2.34. The topological polar surface area (TPSA) is 72.5 Å². The number of carbonyl (C=O) groups is 1. The molecule has 0 aliphatic carbocycles. The van der Waals surface area contributed by atoms with Gasteiger partial charge in [-0.2, -0.15) is 0 Å². The number of carbonyl (C=O) groups excluding carboxylic acids is 1. The van der Waals surface area contributed by atoms with Crippen LogP contribution in [0.2, 0.25) is 5.02 Å². The van der Waals surface area contributed by atoms with Gasteiger partial charge in [0.05, 0.1) is 16.1 Å². The molecule has 0 saturated carbocycles. The van der Waals surface area contributed by atoms with Gasteiger partial charge in [0.1, 0.15) is 5.75 Å². The predicted molar refractivity (Wildman–Crippen MR) is 105 cm³/mol. The van der Waals surface area contributed by atoms with Gasteiger partial charge in [0.2, 0.25) is 0 Å². The smallest absolute Gasteiger partial charge is 0.345 e. The summed E-state index contributed by atoms with van der Waals surface area (Å²) in [4.78, 5) is 12.6. The fourth-order valence-corrected chi connectivity index (χ4v) is 3.54. The minimum absolute atomic E-state index is 0.100. The molecule has 27 heavy (non-hydrogen) atoms. The molecule has 0 saturated heterocycles. The maximum atomic E-state index is 12.6. The third-order valence-corrected chi connectivity index (χ3v) is 5.38. The van der Waals surface area contributed by atoms with Gasteiger partial charge in [-0.25, -0.2) is 13.2 Å². The van der Waals surface area contributed by atoms with Gasteiger partial charge >= 0.3 is 5.97 Å². The fraction of sp³-hybridized carbons (Fsp3) is 0.0500. The van der Waals surface area contributed by atoms with Crippen LogP contribution in [-0.2, 0) is 10.0 Å². The number of anilines is 1. The number of aryl methyl sites for hydroxylation is 1. The molecule has 0 atom stereocenters. The molecule has 0 aliphatic rings. The Morgan fingerprint density at radius 2 is 1.56 bits per heavy atom. The van der Waals surface area contributed by atoms with E-state index in [-0.39, 0.29) is 16.1 Å². The Bertz CT molecular complexity index is 1060. The van der Waals surface area contributed by atoms with E-state index in [2.05, 4.69) is 4.72 Å². The summed E-state index contributed by atoms with van der Waals surface area (Å²) < 4.78 is 33.0. The highest BCUT2D eigenvalue weighted by molar-refractivity contribution is 7.92. The van der Waals surface area contributed by atoms with E-state index in [9.17, 15) is 13.2 Å². The van der Waals surface area contributed by atoms with Crippen molar-refractivity contribution in [2.45, 2.75) is 11.8 Å². The minimum atomic E-state index is -3.84. The van der Waals surface area contributed by atoms with Crippen molar-refractivity contribution in [2.24, 2.45) is 0 Å². The summed E-state index contributed by atoms with van der Waals surface area (Å²) >= 11 is 5.81. The standard InChI is InChI=1S/C20H16ClNO4S/c1-14-6-12-17(13-7-14)27(24,25)22-19-5-3-2-4-18(19)20(23)26-16-10-8-15(21)9-11-16/h2-13,22H,1H3. The van der Waals surface area contributed by atoms with Gasteiger partial charge in [0.25, 0.3) is 10.0 Å². The first kappa shape index (κ1) is 18.9. The summed E-state index contributed by atoms with van der Waals surface area (Å²) in [6.45, 7) is 1.87. The van der Waals surface area contributed by atoms with E-state index in [1.54, 1.807) is 48.5 Å². The monoisotopic (exact) mass is 401 g/mol. The molecular weight excluding hydrogens is 386 g/mol. The van der Waals surface area contributed by atoms with Gasteiger partial charge < -0.3 is 4.74 Å². The van der Waals surface area contributed by atoms with Crippen LogP contribution in [0.3, 0.4) is 0 Å². The third-order valence-electron chi connectivity index (χ3n) is 3.75. The molecule has 0 heterocycles. The van der Waals surface area contributed by atoms with Crippen molar-refractivity contribution in [1.82, 2.24) is 0 Å². The first-order chi connectivity index (χ1) is 12.8. The van der Waals surface area contributed by atoms with Crippen LogP contribution in [0, 0.1) is 6.92 Å². The normalized spacial score (nSPS) is 11.0. The zero-order valence-electron chi connectivity index (χ0n) is 14.3. The second-order valence-corrected chi connectivity index (χ2v) is 7.93. The number of nitrogens with one attached hydrogen (secondary N) is 1. The zero-order chi connectivity index (χ0) is 19.4. The van der Waals surface area contributed by atoms with Crippen LogP contribution in [0.4, 0.5) is 5.69 Å². The van der Waals surface area contributed by atoms with Gasteiger partial charge in [-0.1, -0.05) is 41.4 Å². The predicted octanol–water partition coefficient (Wildman–Crippen LogP) is 4.67. The molecule has 0 spiro atoms. The van der Waals surface area contributed by atoms with Gasteiger partial charge in [-0.15, -0.1) is 0 Å². The molecule has 0 amide bonds. The lowest BCUT2D eigenvalue weighted by atomic mass is 10.2. The summed E-state index contributed by atoms with van der Waals surface area (Å²) in [5, 5.41) is 0.515. The second-order valence-electron chi connectivity index (χ2n) is 5.81. The Morgan fingerprint density at radius 3 is 2.22 bits per heavy atom. The number of halogens is 1. The van der Waals surface area contributed by atoms with E-state index in [0.717, 1.165) is 5.56 Å². The van der Waals surface area contributed by atoms with E-state index >= 15 is 0 Å². The zero-order valence-corrected chi connectivity index (χ0v) is 15.9. The summed E-state index contributed by atoms with van der Waals surface area (Å²) in [6, 6.07) is 19.0. The van der Waals surface area contributed by atoms with Gasteiger partial charge in [0, 0.05) is 5.02 Å². The summed E-state index contributed by atoms with van der Waals surface area (Å²) in [6.07, 6.45) is 0. The molecule has 0 radical (unpaired) electrons. The van der Waals surface area contributed by atoms with Gasteiger partial charge in [-0.05, 0) is 55.5 Å². The van der Waals surface area contributed by atoms with Crippen molar-refractivity contribution in [2.75, 3.05) is 4.72 Å². The molecule has 3 aromatic rings. The first-order valence-electron chi connectivity index (χ1n) is 8.01. The average Bonchev–Trinajstić information content (AvgIpc) is 2.64. The molecule has 3 aromatic carbocycles. The molecule has 5 nitrogen and oxygen atoms in total. The van der Waals surface area contributed by atoms with Gasteiger partial charge in [0.15, 0.2) is 0 Å². The van der Waals surface area contributed by atoms with Crippen LogP contribution < -0.4 is 9.46 Å². The largest absolute Gasteiger partial charge is 0.423 e. The molecule has 138 valence electrons. The number of sulfonamides is 1. The lowest BCUT2D eigenvalue weighted by molar-refractivity contribution is 0.0736. The maximum absolute atomic E-state index is 12.6. The Morgan fingerprint density at radius 1 is 0.926 bits per heavy atom. The second kappa shape index (κ2) is 7.82. The number of hydrogen-bond donors (Lipinski definition) is 1. The van der Waals surface area contributed by atoms with E-state index < -0.39 is 16.0 Å². The van der Waals surface area contributed by atoms with Gasteiger partial charge in [-0.3, -0.25) is 4.72 Å². The summed E-state index contributed by atoms with van der Waals surface area (Å²) in [7, 11) is -3.84. The third kappa shape index (κ3) is 4.67. The number of para-hydroxylation sites is 1. The Labute approximate surface area is 162 Å². The van der Waals surface area contributed by atoms with Crippen molar-refractivity contribution in [1.29, 1.82) is 0 Å². The van der Waals surface area contributed by atoms with Crippen LogP contribution in [0.5, 0.6) is 5.75 Å².